The van der Waals surface area contributed by atoms with Crippen molar-refractivity contribution >= 4 is 5.91 Å². The summed E-state index contributed by atoms with van der Waals surface area (Å²) >= 11 is 0. The average Bonchev–Trinajstić information content (AvgIpc) is 3.01. The molecular formula is C39H79NO3. The highest BCUT2D eigenvalue weighted by molar-refractivity contribution is 5.76. The summed E-state index contributed by atoms with van der Waals surface area (Å²) in [6.45, 7) is 6.73. The van der Waals surface area contributed by atoms with Gasteiger partial charge < -0.3 is 15.5 Å². The van der Waals surface area contributed by atoms with Crippen LogP contribution in [0.4, 0.5) is 0 Å². The maximum absolute atomic E-state index is 12.3. The number of aliphatic hydroxyl groups is 2. The van der Waals surface area contributed by atoms with Crippen LogP contribution in [-0.4, -0.2) is 34.9 Å². The lowest BCUT2D eigenvalue weighted by molar-refractivity contribution is -0.123. The van der Waals surface area contributed by atoms with E-state index in [0.717, 1.165) is 31.6 Å². The molecule has 0 radical (unpaired) electrons. The number of carbonyl (C=O) groups is 1. The van der Waals surface area contributed by atoms with Gasteiger partial charge in [0.1, 0.15) is 0 Å². The molecule has 0 aliphatic rings. The van der Waals surface area contributed by atoms with Crippen LogP contribution in [0.2, 0.25) is 0 Å². The Bertz CT molecular complexity index is 555. The Labute approximate surface area is 270 Å². The number of rotatable bonds is 35. The van der Waals surface area contributed by atoms with Crippen LogP contribution < -0.4 is 5.32 Å². The van der Waals surface area contributed by atoms with E-state index in [-0.39, 0.29) is 12.5 Å². The third-order valence-electron chi connectivity index (χ3n) is 9.66. The van der Waals surface area contributed by atoms with E-state index < -0.39 is 12.1 Å². The smallest absolute Gasteiger partial charge is 0.220 e. The van der Waals surface area contributed by atoms with Crippen molar-refractivity contribution in [3.8, 4) is 0 Å². The van der Waals surface area contributed by atoms with Gasteiger partial charge in [0.05, 0.1) is 18.8 Å². The monoisotopic (exact) mass is 610 g/mol. The Morgan fingerprint density at radius 1 is 0.535 bits per heavy atom. The summed E-state index contributed by atoms with van der Waals surface area (Å²) in [6, 6.07) is -0.529. The number of unbranched alkanes of at least 4 members (excludes halogenated alkanes) is 25. The van der Waals surface area contributed by atoms with Gasteiger partial charge in [-0.05, 0) is 18.8 Å². The normalized spacial score (nSPS) is 13.7. The van der Waals surface area contributed by atoms with Crippen molar-refractivity contribution in [1.82, 2.24) is 5.32 Å². The van der Waals surface area contributed by atoms with Gasteiger partial charge in [0.15, 0.2) is 0 Å². The number of carbonyl (C=O) groups excluding carboxylic acids is 1. The van der Waals surface area contributed by atoms with E-state index in [1.165, 1.54) is 161 Å². The molecule has 43 heavy (non-hydrogen) atoms. The molecule has 0 rings (SSSR count). The van der Waals surface area contributed by atoms with Crippen LogP contribution in [0.1, 0.15) is 220 Å². The first kappa shape index (κ1) is 42.4. The van der Waals surface area contributed by atoms with Crippen LogP contribution in [-0.2, 0) is 4.79 Å². The van der Waals surface area contributed by atoms with Gasteiger partial charge in [-0.15, -0.1) is 0 Å². The van der Waals surface area contributed by atoms with Gasteiger partial charge in [-0.1, -0.05) is 201 Å². The van der Waals surface area contributed by atoms with Crippen LogP contribution >= 0.6 is 0 Å². The fourth-order valence-electron chi connectivity index (χ4n) is 6.22. The summed E-state index contributed by atoms with van der Waals surface area (Å²) in [4.78, 5) is 12.3. The molecule has 1 unspecified atom stereocenters. The summed E-state index contributed by atoms with van der Waals surface area (Å²) in [5, 5.41) is 23.1. The number of nitrogens with one attached hydrogen (secondary N) is 1. The zero-order chi connectivity index (χ0) is 31.6. The zero-order valence-electron chi connectivity index (χ0n) is 29.7. The quantitative estimate of drug-likeness (QED) is 0.0626. The van der Waals surface area contributed by atoms with Crippen LogP contribution in [0.5, 0.6) is 0 Å². The molecule has 0 fully saturated rings. The Morgan fingerprint density at radius 2 is 0.884 bits per heavy atom. The summed E-state index contributed by atoms with van der Waals surface area (Å²) in [7, 11) is 0. The fraction of sp³-hybridized carbons (Fsp3) is 0.974. The summed E-state index contributed by atoms with van der Waals surface area (Å²) in [5.41, 5.74) is 0. The zero-order valence-corrected chi connectivity index (χ0v) is 29.7. The molecule has 1 amide bonds. The van der Waals surface area contributed by atoms with Crippen molar-refractivity contribution in [1.29, 1.82) is 0 Å². The van der Waals surface area contributed by atoms with Crippen LogP contribution in [0.15, 0.2) is 0 Å². The predicted molar refractivity (Wildman–Crippen MR) is 189 cm³/mol. The minimum absolute atomic E-state index is 0.0293. The lowest BCUT2D eigenvalue weighted by atomic mass is 9.99. The number of aliphatic hydroxyl groups excluding tert-OH is 2. The molecule has 0 aromatic heterocycles. The first-order chi connectivity index (χ1) is 21.0. The minimum atomic E-state index is -0.653. The SMILES string of the molecule is CCCCCCCCCCCCCCCCCCCCCC(=O)N[C@@H](CO)[C@H](O)CCCCCCCCCCC(C)CC. The first-order valence-electron chi connectivity index (χ1n) is 19.6. The second-order valence-corrected chi connectivity index (χ2v) is 14.0. The van der Waals surface area contributed by atoms with E-state index in [1.54, 1.807) is 0 Å². The van der Waals surface area contributed by atoms with Crippen LogP contribution in [0, 0.1) is 5.92 Å². The first-order valence-corrected chi connectivity index (χ1v) is 19.6. The van der Waals surface area contributed by atoms with E-state index in [4.69, 9.17) is 0 Å². The molecule has 0 aliphatic carbocycles. The molecule has 0 aromatic rings. The number of hydrogen-bond acceptors (Lipinski definition) is 3. The van der Waals surface area contributed by atoms with Crippen molar-refractivity contribution in [2.75, 3.05) is 6.61 Å². The number of hydrogen-bond donors (Lipinski definition) is 3. The highest BCUT2D eigenvalue weighted by atomic mass is 16.3. The summed E-state index contributed by atoms with van der Waals surface area (Å²) in [5.74, 6) is 0.843. The minimum Gasteiger partial charge on any atom is -0.394 e. The lowest BCUT2D eigenvalue weighted by Crippen LogP contribution is -2.45. The molecule has 3 N–H and O–H groups in total. The van der Waals surface area contributed by atoms with Crippen molar-refractivity contribution in [2.45, 2.75) is 232 Å². The second-order valence-electron chi connectivity index (χ2n) is 14.0. The van der Waals surface area contributed by atoms with Crippen molar-refractivity contribution in [3.63, 3.8) is 0 Å². The molecule has 0 bridgehead atoms. The molecule has 0 saturated carbocycles. The van der Waals surface area contributed by atoms with Crippen molar-refractivity contribution in [2.24, 2.45) is 5.92 Å². The number of amides is 1. The van der Waals surface area contributed by atoms with Gasteiger partial charge in [0.25, 0.3) is 0 Å². The molecule has 0 aromatic carbocycles. The summed E-state index contributed by atoms with van der Waals surface area (Å²) < 4.78 is 0. The standard InChI is InChI=1S/C39H79NO3/c1-4-6-7-8-9-10-11-12-13-14-15-16-17-18-19-20-25-28-31-34-39(43)40-37(35-41)38(42)33-30-27-24-22-21-23-26-29-32-36(3)5-2/h36-38,41-42H,4-35H2,1-3H3,(H,40,43)/t36?,37-,38+/m0/s1. The van der Waals surface area contributed by atoms with Gasteiger partial charge in [-0.2, -0.15) is 0 Å². The molecular weight excluding hydrogens is 530 g/mol. The summed E-state index contributed by atoms with van der Waals surface area (Å²) in [6.07, 6.45) is 38.7. The lowest BCUT2D eigenvalue weighted by Gasteiger charge is -2.22. The van der Waals surface area contributed by atoms with E-state index in [1.807, 2.05) is 0 Å². The van der Waals surface area contributed by atoms with Gasteiger partial charge in [-0.25, -0.2) is 0 Å². The predicted octanol–water partition coefficient (Wildman–Crippen LogP) is 11.6. The highest BCUT2D eigenvalue weighted by Crippen LogP contribution is 2.17. The molecule has 0 aliphatic heterocycles. The Hall–Kier alpha value is -0.610. The van der Waals surface area contributed by atoms with Crippen molar-refractivity contribution in [3.05, 3.63) is 0 Å². The fourth-order valence-corrected chi connectivity index (χ4v) is 6.22. The van der Waals surface area contributed by atoms with Crippen molar-refractivity contribution < 1.29 is 15.0 Å². The molecule has 4 nitrogen and oxygen atoms in total. The Morgan fingerprint density at radius 3 is 1.26 bits per heavy atom. The highest BCUT2D eigenvalue weighted by Gasteiger charge is 2.20. The van der Waals surface area contributed by atoms with Gasteiger partial charge in [0.2, 0.25) is 5.91 Å². The molecule has 0 spiro atoms. The molecule has 3 atom stereocenters. The third-order valence-corrected chi connectivity index (χ3v) is 9.66. The van der Waals surface area contributed by atoms with Gasteiger partial charge >= 0.3 is 0 Å². The molecule has 0 heterocycles. The topological polar surface area (TPSA) is 69.6 Å². The van der Waals surface area contributed by atoms with Gasteiger partial charge in [-0.3, -0.25) is 4.79 Å². The Balaban J connectivity index is 3.50. The molecule has 258 valence electrons. The third kappa shape index (κ3) is 31.2. The molecule has 0 saturated heterocycles. The second kappa shape index (κ2) is 34.3. The van der Waals surface area contributed by atoms with E-state index in [2.05, 4.69) is 26.1 Å². The maximum atomic E-state index is 12.3. The average molecular weight is 610 g/mol. The van der Waals surface area contributed by atoms with E-state index >= 15 is 0 Å². The molecule has 4 heteroatoms. The van der Waals surface area contributed by atoms with Crippen LogP contribution in [0.3, 0.4) is 0 Å². The largest absolute Gasteiger partial charge is 0.394 e. The maximum Gasteiger partial charge on any atom is 0.220 e. The van der Waals surface area contributed by atoms with Crippen LogP contribution in [0.25, 0.3) is 0 Å². The Kier molecular flexibility index (Phi) is 33.8. The van der Waals surface area contributed by atoms with Gasteiger partial charge in [0, 0.05) is 6.42 Å². The van der Waals surface area contributed by atoms with E-state index in [0.29, 0.717) is 12.8 Å². The van der Waals surface area contributed by atoms with E-state index in [9.17, 15) is 15.0 Å².